The molecule has 3 aromatic carbocycles. The first kappa shape index (κ1) is 21.5. The molecule has 0 aliphatic carbocycles. The van der Waals surface area contributed by atoms with Gasteiger partial charge in [-0.25, -0.2) is 4.68 Å². The molecule has 12 nitrogen and oxygen atoms in total. The molecule has 0 atom stereocenters. The van der Waals surface area contributed by atoms with Crippen LogP contribution in [0.3, 0.4) is 0 Å². The summed E-state index contributed by atoms with van der Waals surface area (Å²) in [6, 6.07) is 18.7. The van der Waals surface area contributed by atoms with E-state index in [9.17, 15) is 24.8 Å². The number of aromatic amines is 2. The van der Waals surface area contributed by atoms with Crippen LogP contribution in [0.15, 0.2) is 92.6 Å². The van der Waals surface area contributed by atoms with Gasteiger partial charge in [0, 0.05) is 23.6 Å². The Balaban J connectivity index is 1.68. The number of H-pyrrole nitrogens is 2. The molecule has 0 unspecified atom stereocenters. The van der Waals surface area contributed by atoms with Crippen LogP contribution in [0, 0.1) is 10.1 Å². The minimum atomic E-state index is -0.617. The summed E-state index contributed by atoms with van der Waals surface area (Å²) in [4.78, 5) is 34.8. The van der Waals surface area contributed by atoms with Gasteiger partial charge in [-0.05, 0) is 24.3 Å². The Bertz CT molecular complexity index is 1720. The van der Waals surface area contributed by atoms with Gasteiger partial charge in [-0.3, -0.25) is 29.9 Å². The third-order valence-corrected chi connectivity index (χ3v) is 5.23. The van der Waals surface area contributed by atoms with Gasteiger partial charge in [-0.2, -0.15) is 5.10 Å². The number of rotatable bonds is 5. The van der Waals surface area contributed by atoms with Crippen molar-refractivity contribution in [3.05, 3.63) is 104 Å². The van der Waals surface area contributed by atoms with Gasteiger partial charge in [0.15, 0.2) is 0 Å². The largest absolute Gasteiger partial charge is 0.857 e. The highest BCUT2D eigenvalue weighted by Gasteiger charge is 2.16. The van der Waals surface area contributed by atoms with Gasteiger partial charge in [-0.15, -0.1) is 10.2 Å². The molecular formula is C23H14N7O5-. The molecule has 0 spiro atoms. The van der Waals surface area contributed by atoms with Gasteiger partial charge in [-0.1, -0.05) is 36.4 Å². The first-order valence-electron chi connectivity index (χ1n) is 10.2. The fraction of sp³-hybridized carbons (Fsp3) is 0. The first-order chi connectivity index (χ1) is 16.9. The Kier molecular flexibility index (Phi) is 5.22. The minimum Gasteiger partial charge on any atom is -0.857 e. The van der Waals surface area contributed by atoms with Crippen LogP contribution in [0.5, 0.6) is 5.88 Å². The smallest absolute Gasteiger partial charge is 0.272 e. The van der Waals surface area contributed by atoms with Crippen molar-refractivity contribution in [2.75, 3.05) is 0 Å². The lowest BCUT2D eigenvalue weighted by atomic mass is 10.1. The third-order valence-electron chi connectivity index (χ3n) is 5.23. The zero-order valence-electron chi connectivity index (χ0n) is 17.7. The molecule has 172 valence electrons. The third kappa shape index (κ3) is 3.84. The van der Waals surface area contributed by atoms with Crippen LogP contribution in [-0.4, -0.2) is 24.9 Å². The van der Waals surface area contributed by atoms with E-state index >= 15 is 0 Å². The fourth-order valence-corrected chi connectivity index (χ4v) is 3.56. The SMILES string of the molecule is O=c1[nH][nH]c(=O)c2c(N=Nc3c(-c4ccccc4)nn(-c4ccc([N+](=O)[O-])cc4)c3[O-])cccc12. The van der Waals surface area contributed by atoms with Crippen molar-refractivity contribution in [2.24, 2.45) is 10.2 Å². The minimum absolute atomic E-state index is 0.0245. The molecule has 2 aromatic heterocycles. The van der Waals surface area contributed by atoms with E-state index in [1.807, 2.05) is 0 Å². The van der Waals surface area contributed by atoms with E-state index in [1.165, 1.54) is 36.4 Å². The van der Waals surface area contributed by atoms with E-state index in [-0.39, 0.29) is 33.5 Å². The number of nitro benzene ring substituents is 1. The Morgan fingerprint density at radius 2 is 1.57 bits per heavy atom. The maximum absolute atomic E-state index is 13.3. The van der Waals surface area contributed by atoms with Crippen LogP contribution >= 0.6 is 0 Å². The number of benzene rings is 3. The van der Waals surface area contributed by atoms with E-state index in [2.05, 4.69) is 25.5 Å². The van der Waals surface area contributed by atoms with Gasteiger partial charge in [0.25, 0.3) is 16.8 Å². The van der Waals surface area contributed by atoms with E-state index in [0.29, 0.717) is 11.3 Å². The van der Waals surface area contributed by atoms with Gasteiger partial charge < -0.3 is 5.11 Å². The van der Waals surface area contributed by atoms with E-state index in [1.54, 1.807) is 36.4 Å². The maximum Gasteiger partial charge on any atom is 0.272 e. The average Bonchev–Trinajstić information content (AvgIpc) is 3.21. The summed E-state index contributed by atoms with van der Waals surface area (Å²) in [6.07, 6.45) is 0. The van der Waals surface area contributed by atoms with Crippen molar-refractivity contribution in [3.8, 4) is 22.8 Å². The number of fused-ring (bicyclic) bond motifs is 1. The standard InChI is InChI=1S/C23H15N7O5/c31-21-16-7-4-8-17(18(16)22(32)27-26-21)24-25-20-19(13-5-2-1-3-6-13)28-29(23(20)33)14-9-11-15(12-10-14)30(34)35/h1-12,33H,(H,26,31)(H,27,32)/p-1. The van der Waals surface area contributed by atoms with E-state index in [0.717, 1.165) is 4.68 Å². The molecule has 0 saturated carbocycles. The highest BCUT2D eigenvalue weighted by molar-refractivity contribution is 5.90. The number of aromatic nitrogens is 4. The van der Waals surface area contributed by atoms with Gasteiger partial charge >= 0.3 is 0 Å². The molecule has 2 N–H and O–H groups in total. The zero-order chi connectivity index (χ0) is 24.5. The number of nitro groups is 1. The fourth-order valence-electron chi connectivity index (χ4n) is 3.56. The van der Waals surface area contributed by atoms with Crippen molar-refractivity contribution in [3.63, 3.8) is 0 Å². The molecule has 2 heterocycles. The van der Waals surface area contributed by atoms with Crippen LogP contribution < -0.4 is 16.2 Å². The zero-order valence-corrected chi connectivity index (χ0v) is 17.7. The molecule has 0 bridgehead atoms. The van der Waals surface area contributed by atoms with Crippen molar-refractivity contribution in [1.29, 1.82) is 0 Å². The molecule has 0 saturated heterocycles. The second-order valence-electron chi connectivity index (χ2n) is 7.36. The number of hydrogen-bond donors (Lipinski definition) is 2. The van der Waals surface area contributed by atoms with E-state index in [4.69, 9.17) is 0 Å². The summed E-state index contributed by atoms with van der Waals surface area (Å²) in [7, 11) is 0. The Morgan fingerprint density at radius 1 is 0.857 bits per heavy atom. The van der Waals surface area contributed by atoms with Crippen LogP contribution in [0.1, 0.15) is 0 Å². The molecule has 35 heavy (non-hydrogen) atoms. The average molecular weight is 468 g/mol. The summed E-state index contributed by atoms with van der Waals surface area (Å²) in [6.45, 7) is 0. The van der Waals surface area contributed by atoms with Crippen LogP contribution in [0.2, 0.25) is 0 Å². The summed E-state index contributed by atoms with van der Waals surface area (Å²) in [5.74, 6) is -0.617. The highest BCUT2D eigenvalue weighted by Crippen LogP contribution is 2.38. The second kappa shape index (κ2) is 8.51. The summed E-state index contributed by atoms with van der Waals surface area (Å²) < 4.78 is 1.07. The lowest BCUT2D eigenvalue weighted by Gasteiger charge is -2.10. The molecule has 0 amide bonds. The first-order valence-corrected chi connectivity index (χ1v) is 10.2. The quantitative estimate of drug-likeness (QED) is 0.227. The molecule has 0 aliphatic heterocycles. The van der Waals surface area contributed by atoms with Crippen molar-refractivity contribution in [1.82, 2.24) is 20.0 Å². The van der Waals surface area contributed by atoms with Crippen molar-refractivity contribution >= 4 is 27.8 Å². The number of azo groups is 1. The number of nitrogens with zero attached hydrogens (tertiary/aromatic N) is 5. The molecule has 0 radical (unpaired) electrons. The number of hydrogen-bond acceptors (Lipinski definition) is 8. The molecule has 12 heteroatoms. The number of nitrogens with one attached hydrogen (secondary N) is 2. The normalized spacial score (nSPS) is 11.3. The molecule has 5 rings (SSSR count). The monoisotopic (exact) mass is 468 g/mol. The molecule has 0 fully saturated rings. The molecular weight excluding hydrogens is 454 g/mol. The van der Waals surface area contributed by atoms with Crippen LogP contribution in [0.25, 0.3) is 27.7 Å². The topological polar surface area (TPSA) is 174 Å². The highest BCUT2D eigenvalue weighted by atomic mass is 16.6. The van der Waals surface area contributed by atoms with Crippen molar-refractivity contribution in [2.45, 2.75) is 0 Å². The Labute approximate surface area is 195 Å². The maximum atomic E-state index is 13.3. The van der Waals surface area contributed by atoms with Crippen LogP contribution in [-0.2, 0) is 0 Å². The number of non-ortho nitro benzene ring substituents is 1. The molecule has 0 aliphatic rings. The molecule has 5 aromatic rings. The second-order valence-corrected chi connectivity index (χ2v) is 7.36. The lowest BCUT2D eigenvalue weighted by Crippen LogP contribution is -2.18. The van der Waals surface area contributed by atoms with E-state index < -0.39 is 21.9 Å². The predicted molar refractivity (Wildman–Crippen MR) is 124 cm³/mol. The Morgan fingerprint density at radius 3 is 2.29 bits per heavy atom. The van der Waals surface area contributed by atoms with Gasteiger partial charge in [0.1, 0.15) is 11.4 Å². The summed E-state index contributed by atoms with van der Waals surface area (Å²) in [5, 5.41) is 41.5. The van der Waals surface area contributed by atoms with Crippen molar-refractivity contribution < 1.29 is 10.0 Å². The summed E-state index contributed by atoms with van der Waals surface area (Å²) in [5.41, 5.74) is -0.0983. The summed E-state index contributed by atoms with van der Waals surface area (Å²) >= 11 is 0. The van der Waals surface area contributed by atoms with Gasteiger partial charge in [0.05, 0.1) is 27.1 Å². The van der Waals surface area contributed by atoms with Crippen LogP contribution in [0.4, 0.5) is 17.1 Å². The lowest BCUT2D eigenvalue weighted by molar-refractivity contribution is -0.384. The Hall–Kier alpha value is -5.39. The predicted octanol–water partition coefficient (Wildman–Crippen LogP) is 3.47. The van der Waals surface area contributed by atoms with Gasteiger partial charge in [0.2, 0.25) is 0 Å².